The highest BCUT2D eigenvalue weighted by Crippen LogP contribution is 2.43. The summed E-state index contributed by atoms with van der Waals surface area (Å²) in [5, 5.41) is 13.6. The molecule has 14 heteroatoms. The Morgan fingerprint density at radius 2 is 1.92 bits per heavy atom. The first-order valence-electron chi connectivity index (χ1n) is 11.2. The first kappa shape index (κ1) is 27.2. The first-order chi connectivity index (χ1) is 18.0. The van der Waals surface area contributed by atoms with E-state index in [0.29, 0.717) is 0 Å². The van der Waals surface area contributed by atoms with E-state index >= 15 is 0 Å². The van der Waals surface area contributed by atoms with Crippen LogP contribution >= 0.6 is 11.6 Å². The van der Waals surface area contributed by atoms with Crippen molar-refractivity contribution in [3.8, 4) is 28.8 Å². The molecule has 2 aromatic carbocycles. The second kappa shape index (κ2) is 10.5. The molecule has 4 aromatic rings. The first-order valence-corrected chi connectivity index (χ1v) is 11.5. The maximum Gasteiger partial charge on any atom is 0.425 e. The van der Waals surface area contributed by atoms with Gasteiger partial charge in [-0.05, 0) is 43.5 Å². The van der Waals surface area contributed by atoms with E-state index in [1.54, 1.807) is 6.92 Å². The van der Waals surface area contributed by atoms with E-state index < -0.39 is 36.1 Å². The van der Waals surface area contributed by atoms with Crippen molar-refractivity contribution in [1.82, 2.24) is 19.3 Å². The fourth-order valence-corrected chi connectivity index (χ4v) is 3.95. The SMILES string of the molecule is CCn1c(CO)nn(-c2cc(O[C@@H](C)C(F)(F)F)c3c(Oc4c(F)ccc(OC)c4Cl)nccc3c2)c1=O. The van der Waals surface area contributed by atoms with Crippen LogP contribution in [-0.2, 0) is 13.2 Å². The Hall–Kier alpha value is -3.84. The third-order valence-corrected chi connectivity index (χ3v) is 5.97. The zero-order valence-electron chi connectivity index (χ0n) is 20.2. The fraction of sp³-hybridized carbons (Fsp3) is 0.292. The minimum Gasteiger partial charge on any atom is -0.495 e. The Bertz CT molecular complexity index is 1550. The second-order valence-corrected chi connectivity index (χ2v) is 8.35. The van der Waals surface area contributed by atoms with Gasteiger partial charge in [-0.1, -0.05) is 11.6 Å². The summed E-state index contributed by atoms with van der Waals surface area (Å²) in [7, 11) is 1.31. The van der Waals surface area contributed by atoms with Gasteiger partial charge in [0.25, 0.3) is 0 Å². The van der Waals surface area contributed by atoms with Gasteiger partial charge in [-0.3, -0.25) is 4.57 Å². The van der Waals surface area contributed by atoms with Crippen molar-refractivity contribution in [2.75, 3.05) is 7.11 Å². The minimum atomic E-state index is -4.74. The molecule has 0 unspecified atom stereocenters. The van der Waals surface area contributed by atoms with Crippen LogP contribution in [0.1, 0.15) is 19.7 Å². The van der Waals surface area contributed by atoms with Gasteiger partial charge in [-0.2, -0.15) is 17.9 Å². The van der Waals surface area contributed by atoms with Crippen molar-refractivity contribution >= 4 is 22.4 Å². The summed E-state index contributed by atoms with van der Waals surface area (Å²) < 4.78 is 73.1. The Kier molecular flexibility index (Phi) is 7.51. The van der Waals surface area contributed by atoms with Gasteiger partial charge in [0.2, 0.25) is 5.88 Å². The molecule has 2 aromatic heterocycles. The molecule has 0 aliphatic heterocycles. The number of hydrogen-bond acceptors (Lipinski definition) is 7. The molecule has 0 radical (unpaired) electrons. The molecule has 0 spiro atoms. The average Bonchev–Trinajstić information content (AvgIpc) is 3.21. The molecule has 0 amide bonds. The van der Waals surface area contributed by atoms with E-state index in [1.165, 1.54) is 36.1 Å². The van der Waals surface area contributed by atoms with Crippen LogP contribution < -0.4 is 19.9 Å². The van der Waals surface area contributed by atoms with Gasteiger partial charge in [0.15, 0.2) is 23.5 Å². The third kappa shape index (κ3) is 4.98. The van der Waals surface area contributed by atoms with Crippen molar-refractivity contribution in [3.05, 3.63) is 63.7 Å². The predicted molar refractivity (Wildman–Crippen MR) is 129 cm³/mol. The largest absolute Gasteiger partial charge is 0.495 e. The van der Waals surface area contributed by atoms with Crippen LogP contribution in [0.3, 0.4) is 0 Å². The van der Waals surface area contributed by atoms with Gasteiger partial charge < -0.3 is 19.3 Å². The van der Waals surface area contributed by atoms with E-state index in [4.69, 9.17) is 25.8 Å². The number of benzene rings is 2. The van der Waals surface area contributed by atoms with Gasteiger partial charge in [-0.15, -0.1) is 5.10 Å². The summed E-state index contributed by atoms with van der Waals surface area (Å²) in [6.45, 7) is 2.14. The lowest BCUT2D eigenvalue weighted by atomic mass is 10.1. The molecule has 0 aliphatic rings. The van der Waals surface area contributed by atoms with Crippen LogP contribution in [0.25, 0.3) is 16.5 Å². The van der Waals surface area contributed by atoms with E-state index in [-0.39, 0.29) is 51.2 Å². The third-order valence-electron chi connectivity index (χ3n) is 5.62. The van der Waals surface area contributed by atoms with Crippen molar-refractivity contribution in [1.29, 1.82) is 0 Å². The zero-order valence-corrected chi connectivity index (χ0v) is 21.0. The number of aromatic nitrogens is 4. The Morgan fingerprint density at radius 1 is 1.18 bits per heavy atom. The summed E-state index contributed by atoms with van der Waals surface area (Å²) in [6.07, 6.45) is -5.74. The number of rotatable bonds is 8. The standard InChI is InChI=1S/C24H21ClF4N4O5/c1-4-32-18(11-34)31-33(23(32)35)14-9-13-7-8-30-22(19(13)17(10-14)37-12(2)24(27,28)29)38-21-15(26)5-6-16(36-3)20(21)25/h5-10,12,34H,4,11H2,1-3H3/t12-/m0/s1. The molecular formula is C24H21ClF4N4O5. The Balaban J connectivity index is 1.95. The van der Waals surface area contributed by atoms with Crippen molar-refractivity contribution in [2.24, 2.45) is 0 Å². The molecule has 0 bridgehead atoms. The average molecular weight is 557 g/mol. The Morgan fingerprint density at radius 3 is 2.53 bits per heavy atom. The van der Waals surface area contributed by atoms with Crippen LogP contribution in [0.5, 0.6) is 23.1 Å². The van der Waals surface area contributed by atoms with E-state index in [9.17, 15) is 27.5 Å². The quantitative estimate of drug-likeness (QED) is 0.304. The maximum absolute atomic E-state index is 14.6. The van der Waals surface area contributed by atoms with Crippen LogP contribution in [0.2, 0.25) is 5.02 Å². The molecule has 1 N–H and O–H groups in total. The predicted octanol–water partition coefficient (Wildman–Crippen LogP) is 5.02. The monoisotopic (exact) mass is 556 g/mol. The number of halogens is 5. The molecule has 0 aliphatic carbocycles. The lowest BCUT2D eigenvalue weighted by Gasteiger charge is -2.20. The number of nitrogens with zero attached hydrogens (tertiary/aromatic N) is 4. The number of alkyl halides is 3. The van der Waals surface area contributed by atoms with Gasteiger partial charge in [0, 0.05) is 18.8 Å². The maximum atomic E-state index is 14.6. The summed E-state index contributed by atoms with van der Waals surface area (Å²) in [4.78, 5) is 16.9. The lowest BCUT2D eigenvalue weighted by Crippen LogP contribution is -2.31. The summed E-state index contributed by atoms with van der Waals surface area (Å²) in [5.41, 5.74) is -0.571. The van der Waals surface area contributed by atoms with Gasteiger partial charge in [0.05, 0.1) is 18.2 Å². The van der Waals surface area contributed by atoms with Gasteiger partial charge >= 0.3 is 11.9 Å². The van der Waals surface area contributed by atoms with Gasteiger partial charge in [-0.25, -0.2) is 14.2 Å². The molecule has 0 saturated carbocycles. The number of aliphatic hydroxyl groups is 1. The molecule has 38 heavy (non-hydrogen) atoms. The van der Waals surface area contributed by atoms with Crippen LogP contribution in [0, 0.1) is 5.82 Å². The summed E-state index contributed by atoms with van der Waals surface area (Å²) >= 11 is 6.20. The molecule has 1 atom stereocenters. The zero-order chi connectivity index (χ0) is 27.8. The molecule has 0 saturated heterocycles. The van der Waals surface area contributed by atoms with Crippen molar-refractivity contribution < 1.29 is 36.9 Å². The van der Waals surface area contributed by atoms with E-state index in [2.05, 4.69) is 10.1 Å². The molecule has 0 fully saturated rings. The number of hydrogen-bond donors (Lipinski definition) is 1. The molecule has 2 heterocycles. The van der Waals surface area contributed by atoms with E-state index in [0.717, 1.165) is 23.7 Å². The number of aliphatic hydroxyl groups excluding tert-OH is 1. The molecule has 4 rings (SSSR count). The summed E-state index contributed by atoms with van der Waals surface area (Å²) in [6, 6.07) is 6.35. The molecule has 9 nitrogen and oxygen atoms in total. The minimum absolute atomic E-state index is 0.0454. The number of fused-ring (bicyclic) bond motifs is 1. The van der Waals surface area contributed by atoms with E-state index in [1.807, 2.05) is 0 Å². The highest BCUT2D eigenvalue weighted by Gasteiger charge is 2.38. The second-order valence-electron chi connectivity index (χ2n) is 7.97. The summed E-state index contributed by atoms with van der Waals surface area (Å²) in [5.74, 6) is -1.85. The number of pyridine rings is 1. The molecular weight excluding hydrogens is 536 g/mol. The molecule has 202 valence electrons. The van der Waals surface area contributed by atoms with Crippen LogP contribution in [0.4, 0.5) is 17.6 Å². The van der Waals surface area contributed by atoms with Crippen LogP contribution in [0.15, 0.2) is 41.3 Å². The van der Waals surface area contributed by atoms with Crippen molar-refractivity contribution in [2.45, 2.75) is 39.3 Å². The topological polar surface area (TPSA) is 101 Å². The Labute approximate surface area is 217 Å². The lowest BCUT2D eigenvalue weighted by molar-refractivity contribution is -0.189. The van der Waals surface area contributed by atoms with Gasteiger partial charge in [0.1, 0.15) is 23.1 Å². The highest BCUT2D eigenvalue weighted by molar-refractivity contribution is 6.33. The smallest absolute Gasteiger partial charge is 0.425 e. The highest BCUT2D eigenvalue weighted by atomic mass is 35.5. The van der Waals surface area contributed by atoms with Crippen molar-refractivity contribution in [3.63, 3.8) is 0 Å². The van der Waals surface area contributed by atoms with Crippen LogP contribution in [-0.4, -0.2) is 43.8 Å². The number of ether oxygens (including phenoxy) is 3. The number of methoxy groups -OCH3 is 1. The normalized spacial score (nSPS) is 12.6. The fourth-order valence-electron chi connectivity index (χ4n) is 3.68.